The van der Waals surface area contributed by atoms with Gasteiger partial charge in [-0.1, -0.05) is 35.9 Å². The van der Waals surface area contributed by atoms with E-state index >= 15 is 0 Å². The van der Waals surface area contributed by atoms with E-state index in [1.807, 2.05) is 73.0 Å². The van der Waals surface area contributed by atoms with Crippen molar-refractivity contribution < 1.29 is 4.79 Å². The number of nitrogens with two attached hydrogens (primary N) is 1. The molecule has 0 saturated heterocycles. The zero-order valence-electron chi connectivity index (χ0n) is 12.9. The van der Waals surface area contributed by atoms with Gasteiger partial charge in [0.25, 0.3) is 5.91 Å². The first-order valence-corrected chi connectivity index (χ1v) is 8.28. The smallest absolute Gasteiger partial charge is 0.268 e. The predicted molar refractivity (Wildman–Crippen MR) is 96.9 cm³/mol. The molecule has 0 unspecified atom stereocenters. The molecule has 116 valence electrons. The summed E-state index contributed by atoms with van der Waals surface area (Å²) in [6.07, 6.45) is 0. The number of nitrogens with zero attached hydrogens (tertiary/aromatic N) is 1. The maximum atomic E-state index is 12.9. The lowest BCUT2D eigenvalue weighted by atomic mass is 10.1. The summed E-state index contributed by atoms with van der Waals surface area (Å²) >= 11 is 1.46. The van der Waals surface area contributed by atoms with Gasteiger partial charge in [0.05, 0.1) is 11.4 Å². The number of hydrogen-bond acceptors (Lipinski definition) is 3. The number of amides is 1. The maximum Gasteiger partial charge on any atom is 0.268 e. The van der Waals surface area contributed by atoms with E-state index in [1.165, 1.54) is 16.9 Å². The van der Waals surface area contributed by atoms with Crippen LogP contribution < -0.4 is 10.6 Å². The molecular weight excluding hydrogens is 304 g/mol. The van der Waals surface area contributed by atoms with Crippen molar-refractivity contribution in [3.63, 3.8) is 0 Å². The van der Waals surface area contributed by atoms with Crippen molar-refractivity contribution in [3.05, 3.63) is 82.0 Å². The number of hydrogen-bond donors (Lipinski definition) is 1. The second-order valence-corrected chi connectivity index (χ2v) is 6.39. The SMILES string of the molecule is Cc1ccc(N(Cc2ccc(N)cc2)C(=O)c2cccs2)cc1. The highest BCUT2D eigenvalue weighted by atomic mass is 32.1. The fourth-order valence-electron chi connectivity index (χ4n) is 2.34. The normalized spacial score (nSPS) is 10.5. The third kappa shape index (κ3) is 3.60. The van der Waals surface area contributed by atoms with Gasteiger partial charge in [0.1, 0.15) is 0 Å². The van der Waals surface area contributed by atoms with Crippen molar-refractivity contribution in [2.24, 2.45) is 0 Å². The molecule has 3 aromatic rings. The minimum atomic E-state index is 0.0145. The molecule has 1 amide bonds. The first kappa shape index (κ1) is 15.3. The molecule has 3 rings (SSSR count). The van der Waals surface area contributed by atoms with Crippen LogP contribution in [0.15, 0.2) is 66.0 Å². The molecule has 23 heavy (non-hydrogen) atoms. The van der Waals surface area contributed by atoms with Gasteiger partial charge in [-0.15, -0.1) is 11.3 Å². The zero-order chi connectivity index (χ0) is 16.2. The number of rotatable bonds is 4. The Hall–Kier alpha value is -2.59. The summed E-state index contributed by atoms with van der Waals surface area (Å²) in [7, 11) is 0. The van der Waals surface area contributed by atoms with Crippen LogP contribution in [0.1, 0.15) is 20.8 Å². The maximum absolute atomic E-state index is 12.9. The van der Waals surface area contributed by atoms with Crippen LogP contribution in [0.3, 0.4) is 0 Å². The number of carbonyl (C=O) groups excluding carboxylic acids is 1. The number of aryl methyl sites for hydroxylation is 1. The quantitative estimate of drug-likeness (QED) is 0.720. The van der Waals surface area contributed by atoms with Gasteiger partial charge in [-0.25, -0.2) is 0 Å². The lowest BCUT2D eigenvalue weighted by Gasteiger charge is -2.23. The fourth-order valence-corrected chi connectivity index (χ4v) is 3.02. The summed E-state index contributed by atoms with van der Waals surface area (Å²) in [5.41, 5.74) is 9.58. The average molecular weight is 322 g/mol. The Morgan fingerprint density at radius 2 is 1.74 bits per heavy atom. The van der Waals surface area contributed by atoms with Crippen LogP contribution in [-0.4, -0.2) is 5.91 Å². The van der Waals surface area contributed by atoms with Crippen molar-refractivity contribution in [2.45, 2.75) is 13.5 Å². The van der Waals surface area contributed by atoms with Crippen molar-refractivity contribution >= 4 is 28.6 Å². The predicted octanol–water partition coefficient (Wildman–Crippen LogP) is 4.49. The van der Waals surface area contributed by atoms with E-state index in [4.69, 9.17) is 5.73 Å². The molecule has 0 radical (unpaired) electrons. The largest absolute Gasteiger partial charge is 0.399 e. The number of carbonyl (C=O) groups is 1. The Morgan fingerprint density at radius 3 is 2.35 bits per heavy atom. The van der Waals surface area contributed by atoms with Crippen molar-refractivity contribution in [1.29, 1.82) is 0 Å². The Morgan fingerprint density at radius 1 is 1.04 bits per heavy atom. The number of nitrogen functional groups attached to an aromatic ring is 1. The van der Waals surface area contributed by atoms with Gasteiger partial charge in [-0.2, -0.15) is 0 Å². The summed E-state index contributed by atoms with van der Waals surface area (Å²) in [6.45, 7) is 2.55. The van der Waals surface area contributed by atoms with Gasteiger partial charge in [-0.3, -0.25) is 4.79 Å². The van der Waals surface area contributed by atoms with E-state index in [1.54, 1.807) is 4.90 Å². The van der Waals surface area contributed by atoms with Gasteiger partial charge < -0.3 is 10.6 Å². The third-order valence-corrected chi connectivity index (χ3v) is 4.50. The summed E-state index contributed by atoms with van der Waals surface area (Å²) in [5.74, 6) is 0.0145. The highest BCUT2D eigenvalue weighted by Crippen LogP contribution is 2.23. The number of benzene rings is 2. The van der Waals surface area contributed by atoms with E-state index in [9.17, 15) is 4.79 Å². The van der Waals surface area contributed by atoms with Gasteiger partial charge in [0.2, 0.25) is 0 Å². The molecular formula is C19H18N2OS. The molecule has 2 N–H and O–H groups in total. The second kappa shape index (κ2) is 6.67. The number of thiophene rings is 1. The molecule has 1 heterocycles. The van der Waals surface area contributed by atoms with Gasteiger partial charge in [0, 0.05) is 11.4 Å². The highest BCUT2D eigenvalue weighted by Gasteiger charge is 2.19. The van der Waals surface area contributed by atoms with Crippen LogP contribution in [0.5, 0.6) is 0 Å². The fraction of sp³-hybridized carbons (Fsp3) is 0.105. The Kier molecular flexibility index (Phi) is 4.44. The lowest BCUT2D eigenvalue weighted by molar-refractivity contribution is 0.0989. The summed E-state index contributed by atoms with van der Waals surface area (Å²) in [5, 5.41) is 1.92. The molecule has 0 aliphatic heterocycles. The first-order chi connectivity index (χ1) is 11.1. The molecule has 3 nitrogen and oxygen atoms in total. The molecule has 4 heteroatoms. The summed E-state index contributed by atoms with van der Waals surface area (Å²) < 4.78 is 0. The summed E-state index contributed by atoms with van der Waals surface area (Å²) in [4.78, 5) is 15.4. The first-order valence-electron chi connectivity index (χ1n) is 7.40. The lowest BCUT2D eigenvalue weighted by Crippen LogP contribution is -2.29. The van der Waals surface area contributed by atoms with Crippen molar-refractivity contribution in [1.82, 2.24) is 0 Å². The van der Waals surface area contributed by atoms with Crippen LogP contribution in [0.4, 0.5) is 11.4 Å². The molecule has 0 bridgehead atoms. The topological polar surface area (TPSA) is 46.3 Å². The molecule has 2 aromatic carbocycles. The van der Waals surface area contributed by atoms with E-state index in [2.05, 4.69) is 0 Å². The van der Waals surface area contributed by atoms with Gasteiger partial charge in [0.15, 0.2) is 0 Å². The summed E-state index contributed by atoms with van der Waals surface area (Å²) in [6, 6.07) is 19.4. The Bertz CT molecular complexity index is 777. The molecule has 1 aromatic heterocycles. The van der Waals surface area contributed by atoms with E-state index in [0.29, 0.717) is 6.54 Å². The van der Waals surface area contributed by atoms with E-state index in [0.717, 1.165) is 21.8 Å². The van der Waals surface area contributed by atoms with Crippen molar-refractivity contribution in [2.75, 3.05) is 10.6 Å². The van der Waals surface area contributed by atoms with Gasteiger partial charge in [-0.05, 0) is 48.2 Å². The Labute approximate surface area is 140 Å². The zero-order valence-corrected chi connectivity index (χ0v) is 13.7. The van der Waals surface area contributed by atoms with E-state index < -0.39 is 0 Å². The average Bonchev–Trinajstić information content (AvgIpc) is 3.09. The molecule has 0 saturated carbocycles. The van der Waals surface area contributed by atoms with Gasteiger partial charge >= 0.3 is 0 Å². The van der Waals surface area contributed by atoms with Crippen LogP contribution in [0.25, 0.3) is 0 Å². The molecule has 0 aliphatic rings. The highest BCUT2D eigenvalue weighted by molar-refractivity contribution is 7.12. The minimum Gasteiger partial charge on any atom is -0.399 e. The third-order valence-electron chi connectivity index (χ3n) is 3.64. The second-order valence-electron chi connectivity index (χ2n) is 5.45. The molecule has 0 spiro atoms. The number of anilines is 2. The molecule has 0 aliphatic carbocycles. The van der Waals surface area contributed by atoms with Crippen molar-refractivity contribution in [3.8, 4) is 0 Å². The van der Waals surface area contributed by atoms with Crippen LogP contribution in [0, 0.1) is 6.92 Å². The Balaban J connectivity index is 1.94. The monoisotopic (exact) mass is 322 g/mol. The molecule has 0 atom stereocenters. The van der Waals surface area contributed by atoms with Crippen LogP contribution in [0.2, 0.25) is 0 Å². The van der Waals surface area contributed by atoms with Crippen LogP contribution >= 0.6 is 11.3 Å². The van der Waals surface area contributed by atoms with Crippen LogP contribution in [-0.2, 0) is 6.54 Å². The standard InChI is InChI=1S/C19H18N2OS/c1-14-4-10-17(11-5-14)21(19(22)18-3-2-12-23-18)13-15-6-8-16(20)9-7-15/h2-12H,13,20H2,1H3. The molecule has 0 fully saturated rings. The minimum absolute atomic E-state index is 0.0145. The van der Waals surface area contributed by atoms with E-state index in [-0.39, 0.29) is 5.91 Å².